The summed E-state index contributed by atoms with van der Waals surface area (Å²) in [5.74, 6) is 0. The molecule has 1 aromatic rings. The second-order valence-electron chi connectivity index (χ2n) is 5.55. The Morgan fingerprint density at radius 1 is 1.45 bits per heavy atom. The van der Waals surface area contributed by atoms with Crippen molar-refractivity contribution in [1.29, 1.82) is 0 Å². The van der Waals surface area contributed by atoms with Gasteiger partial charge in [-0.05, 0) is 37.4 Å². The smallest absolute Gasteiger partial charge is 0.269 e. The van der Waals surface area contributed by atoms with Crippen LogP contribution in [0.4, 0.5) is 11.4 Å². The molecule has 1 fully saturated rings. The van der Waals surface area contributed by atoms with Crippen LogP contribution in [0.2, 0.25) is 0 Å². The van der Waals surface area contributed by atoms with Crippen LogP contribution in [0.3, 0.4) is 0 Å². The maximum absolute atomic E-state index is 10.9. The van der Waals surface area contributed by atoms with E-state index in [0.29, 0.717) is 11.7 Å². The number of benzene rings is 1. The van der Waals surface area contributed by atoms with Gasteiger partial charge in [0.05, 0.1) is 4.92 Å². The Hall–Kier alpha value is -1.62. The number of nitrogens with two attached hydrogens (primary N) is 1. The Bertz CT molecular complexity index is 474. The number of likely N-dealkylation sites (tertiary alicyclic amines) is 1. The largest absolute Gasteiger partial charge is 0.398 e. The van der Waals surface area contributed by atoms with Gasteiger partial charge in [-0.15, -0.1) is 0 Å². The Morgan fingerprint density at radius 2 is 2.25 bits per heavy atom. The number of nitrogens with zero attached hydrogens (tertiary/aromatic N) is 2. The first kappa shape index (κ1) is 14.8. The molecule has 1 aliphatic heterocycles. The predicted molar refractivity (Wildman–Crippen MR) is 80.5 cm³/mol. The number of nitro benzene ring substituents is 1. The van der Waals surface area contributed by atoms with Gasteiger partial charge >= 0.3 is 0 Å². The third-order valence-electron chi connectivity index (χ3n) is 4.08. The van der Waals surface area contributed by atoms with Crippen molar-refractivity contribution >= 4 is 11.4 Å². The number of piperidine rings is 1. The third kappa shape index (κ3) is 3.48. The van der Waals surface area contributed by atoms with Gasteiger partial charge in [-0.25, -0.2) is 0 Å². The van der Waals surface area contributed by atoms with Gasteiger partial charge in [0.15, 0.2) is 0 Å². The normalized spacial score (nSPS) is 19.9. The third-order valence-corrected chi connectivity index (χ3v) is 4.08. The molecule has 5 heteroatoms. The molecule has 0 aliphatic carbocycles. The summed E-state index contributed by atoms with van der Waals surface area (Å²) in [4.78, 5) is 12.9. The summed E-state index contributed by atoms with van der Waals surface area (Å²) < 4.78 is 0. The lowest BCUT2D eigenvalue weighted by Crippen LogP contribution is -2.38. The second-order valence-corrected chi connectivity index (χ2v) is 5.55. The summed E-state index contributed by atoms with van der Waals surface area (Å²) in [6.45, 7) is 3.99. The predicted octanol–water partition coefficient (Wildman–Crippen LogP) is 3.33. The number of anilines is 1. The summed E-state index contributed by atoms with van der Waals surface area (Å²) in [6, 6.07) is 5.32. The number of rotatable bonds is 5. The summed E-state index contributed by atoms with van der Waals surface area (Å²) in [6.07, 6.45) is 6.07. The molecule has 5 nitrogen and oxygen atoms in total. The molecule has 0 bridgehead atoms. The van der Waals surface area contributed by atoms with E-state index in [1.54, 1.807) is 12.1 Å². The Kier molecular flexibility index (Phi) is 4.95. The summed E-state index contributed by atoms with van der Waals surface area (Å²) >= 11 is 0. The van der Waals surface area contributed by atoms with Crippen molar-refractivity contribution in [3.63, 3.8) is 0 Å². The zero-order valence-electron chi connectivity index (χ0n) is 12.0. The molecular formula is C15H23N3O2. The topological polar surface area (TPSA) is 72.4 Å². The first-order valence-corrected chi connectivity index (χ1v) is 7.38. The average molecular weight is 277 g/mol. The molecule has 1 atom stereocenters. The number of non-ortho nitro benzene ring substituents is 1. The summed E-state index contributed by atoms with van der Waals surface area (Å²) in [7, 11) is 0. The molecule has 0 saturated carbocycles. The molecule has 110 valence electrons. The maximum Gasteiger partial charge on any atom is 0.269 e. The highest BCUT2D eigenvalue weighted by Gasteiger charge is 2.22. The first-order valence-electron chi connectivity index (χ1n) is 7.38. The van der Waals surface area contributed by atoms with Crippen LogP contribution >= 0.6 is 0 Å². The van der Waals surface area contributed by atoms with Crippen molar-refractivity contribution in [2.75, 3.05) is 12.3 Å². The molecule has 1 saturated heterocycles. The SMILES string of the molecule is CCCC1CCCCN1Cc1cc([N+](=O)[O-])ccc1N. The van der Waals surface area contributed by atoms with E-state index in [2.05, 4.69) is 11.8 Å². The van der Waals surface area contributed by atoms with E-state index in [1.165, 1.54) is 38.2 Å². The number of hydrogen-bond acceptors (Lipinski definition) is 4. The molecule has 1 aliphatic rings. The molecule has 0 spiro atoms. The van der Waals surface area contributed by atoms with E-state index >= 15 is 0 Å². The molecule has 1 heterocycles. The lowest BCUT2D eigenvalue weighted by atomic mass is 9.97. The lowest BCUT2D eigenvalue weighted by Gasteiger charge is -2.36. The van der Waals surface area contributed by atoms with Crippen LogP contribution in [0, 0.1) is 10.1 Å². The van der Waals surface area contributed by atoms with Crippen LogP contribution in [0.25, 0.3) is 0 Å². The van der Waals surface area contributed by atoms with E-state index in [9.17, 15) is 10.1 Å². The molecule has 1 unspecified atom stereocenters. The maximum atomic E-state index is 10.9. The van der Waals surface area contributed by atoms with Crippen LogP contribution in [-0.4, -0.2) is 22.4 Å². The Balaban J connectivity index is 2.14. The quantitative estimate of drug-likeness (QED) is 0.509. The van der Waals surface area contributed by atoms with Gasteiger partial charge in [-0.3, -0.25) is 15.0 Å². The van der Waals surface area contributed by atoms with Crippen LogP contribution < -0.4 is 5.73 Å². The van der Waals surface area contributed by atoms with Crippen LogP contribution in [0.1, 0.15) is 44.6 Å². The van der Waals surface area contributed by atoms with Crippen molar-refractivity contribution < 1.29 is 4.92 Å². The van der Waals surface area contributed by atoms with E-state index in [0.717, 1.165) is 18.7 Å². The molecule has 20 heavy (non-hydrogen) atoms. The van der Waals surface area contributed by atoms with E-state index < -0.39 is 0 Å². The molecule has 0 radical (unpaired) electrons. The number of nitro groups is 1. The van der Waals surface area contributed by atoms with Crippen molar-refractivity contribution in [2.45, 2.75) is 51.6 Å². The molecule has 2 rings (SSSR count). The minimum Gasteiger partial charge on any atom is -0.398 e. The minimum atomic E-state index is -0.358. The van der Waals surface area contributed by atoms with Crippen LogP contribution in [0.15, 0.2) is 18.2 Å². The fraction of sp³-hybridized carbons (Fsp3) is 0.600. The van der Waals surface area contributed by atoms with Crippen molar-refractivity contribution in [1.82, 2.24) is 4.90 Å². The van der Waals surface area contributed by atoms with Crippen molar-refractivity contribution in [3.05, 3.63) is 33.9 Å². The van der Waals surface area contributed by atoms with Gasteiger partial charge in [-0.2, -0.15) is 0 Å². The molecule has 1 aromatic carbocycles. The number of hydrogen-bond donors (Lipinski definition) is 1. The van der Waals surface area contributed by atoms with Crippen molar-refractivity contribution in [2.24, 2.45) is 0 Å². The molecule has 0 aromatic heterocycles. The fourth-order valence-electron chi connectivity index (χ4n) is 2.99. The minimum absolute atomic E-state index is 0.123. The monoisotopic (exact) mass is 277 g/mol. The highest BCUT2D eigenvalue weighted by molar-refractivity contribution is 5.52. The summed E-state index contributed by atoms with van der Waals surface area (Å²) in [5.41, 5.74) is 7.63. The van der Waals surface area contributed by atoms with Gasteiger partial charge in [0.2, 0.25) is 0 Å². The van der Waals surface area contributed by atoms with E-state index in [4.69, 9.17) is 5.73 Å². The van der Waals surface area contributed by atoms with E-state index in [-0.39, 0.29) is 10.6 Å². The first-order chi connectivity index (χ1) is 9.61. The number of nitrogen functional groups attached to an aromatic ring is 1. The van der Waals surface area contributed by atoms with Crippen molar-refractivity contribution in [3.8, 4) is 0 Å². The zero-order chi connectivity index (χ0) is 14.5. The average Bonchev–Trinajstić information content (AvgIpc) is 2.43. The Labute approximate surface area is 119 Å². The van der Waals surface area contributed by atoms with Gasteiger partial charge in [0.25, 0.3) is 5.69 Å². The van der Waals surface area contributed by atoms with Crippen LogP contribution in [-0.2, 0) is 6.54 Å². The standard InChI is InChI=1S/C15H23N3O2/c1-2-5-13-6-3-4-9-17(13)11-12-10-14(18(19)20)7-8-15(12)16/h7-8,10,13H,2-6,9,11,16H2,1H3. The van der Waals surface area contributed by atoms with Crippen LogP contribution in [0.5, 0.6) is 0 Å². The Morgan fingerprint density at radius 3 is 2.95 bits per heavy atom. The summed E-state index contributed by atoms with van der Waals surface area (Å²) in [5, 5.41) is 10.9. The molecule has 2 N–H and O–H groups in total. The van der Waals surface area contributed by atoms with E-state index in [1.807, 2.05) is 0 Å². The van der Waals surface area contributed by atoms with Gasteiger partial charge in [0.1, 0.15) is 0 Å². The molecule has 0 amide bonds. The van der Waals surface area contributed by atoms with Gasteiger partial charge in [-0.1, -0.05) is 19.8 Å². The van der Waals surface area contributed by atoms with Gasteiger partial charge < -0.3 is 5.73 Å². The molecular weight excluding hydrogens is 254 g/mol. The zero-order valence-corrected chi connectivity index (χ0v) is 12.0. The second kappa shape index (κ2) is 6.70. The van der Waals surface area contributed by atoms with Gasteiger partial charge in [0, 0.05) is 30.4 Å². The lowest BCUT2D eigenvalue weighted by molar-refractivity contribution is -0.384. The fourth-order valence-corrected chi connectivity index (χ4v) is 2.99. The highest BCUT2D eigenvalue weighted by Crippen LogP contribution is 2.26. The highest BCUT2D eigenvalue weighted by atomic mass is 16.6.